The quantitative estimate of drug-likeness (QED) is 0.575. The molecule has 18 heavy (non-hydrogen) atoms. The van der Waals surface area contributed by atoms with Crippen molar-refractivity contribution in [3.63, 3.8) is 0 Å². The summed E-state index contributed by atoms with van der Waals surface area (Å²) in [5, 5.41) is -0.753. The van der Waals surface area contributed by atoms with E-state index in [1.165, 1.54) is 7.11 Å². The molecule has 0 amide bonds. The molecule has 0 aromatic rings. The van der Waals surface area contributed by atoms with Gasteiger partial charge in [-0.3, -0.25) is 9.63 Å². The van der Waals surface area contributed by atoms with Crippen molar-refractivity contribution in [3.8, 4) is 0 Å². The van der Waals surface area contributed by atoms with Gasteiger partial charge in [0, 0.05) is 0 Å². The first-order chi connectivity index (χ1) is 8.38. The minimum Gasteiger partial charge on any atom is -0.469 e. The summed E-state index contributed by atoms with van der Waals surface area (Å²) in [6, 6.07) is 0. The number of esters is 1. The SMILES string of the molecule is COC(=O)C1CCCC1S(=O)(=O)NOCC(C)C. The highest BCUT2D eigenvalue weighted by Gasteiger charge is 2.42. The summed E-state index contributed by atoms with van der Waals surface area (Å²) in [7, 11) is -2.36. The fraction of sp³-hybridized carbons (Fsp3) is 0.909. The Labute approximate surface area is 108 Å². The Kier molecular flexibility index (Phi) is 5.55. The molecule has 6 nitrogen and oxygen atoms in total. The Morgan fingerprint density at radius 2 is 2.06 bits per heavy atom. The lowest BCUT2D eigenvalue weighted by molar-refractivity contribution is -0.145. The van der Waals surface area contributed by atoms with Crippen molar-refractivity contribution in [3.05, 3.63) is 0 Å². The number of hydrogen-bond donors (Lipinski definition) is 1. The molecule has 2 unspecified atom stereocenters. The van der Waals surface area contributed by atoms with Crippen LogP contribution in [0.2, 0.25) is 0 Å². The molecule has 0 saturated heterocycles. The summed E-state index contributed by atoms with van der Waals surface area (Å²) >= 11 is 0. The van der Waals surface area contributed by atoms with Gasteiger partial charge in [0.15, 0.2) is 0 Å². The van der Waals surface area contributed by atoms with E-state index >= 15 is 0 Å². The van der Waals surface area contributed by atoms with Gasteiger partial charge in [-0.15, -0.1) is 0 Å². The predicted octanol–water partition coefficient (Wildman–Crippen LogP) is 0.835. The van der Waals surface area contributed by atoms with Crippen molar-refractivity contribution in [2.75, 3.05) is 13.7 Å². The van der Waals surface area contributed by atoms with Crippen LogP contribution in [0, 0.1) is 11.8 Å². The van der Waals surface area contributed by atoms with E-state index < -0.39 is 27.2 Å². The van der Waals surface area contributed by atoms with Crippen LogP contribution in [0.3, 0.4) is 0 Å². The monoisotopic (exact) mass is 279 g/mol. The van der Waals surface area contributed by atoms with Crippen LogP contribution in [0.4, 0.5) is 0 Å². The van der Waals surface area contributed by atoms with Crippen molar-refractivity contribution in [2.45, 2.75) is 38.4 Å². The summed E-state index contributed by atoms with van der Waals surface area (Å²) in [6.45, 7) is 4.14. The molecule has 0 aromatic carbocycles. The zero-order valence-electron chi connectivity index (χ0n) is 11.0. The third-order valence-corrected chi connectivity index (χ3v) is 4.66. The van der Waals surface area contributed by atoms with Gasteiger partial charge >= 0.3 is 5.97 Å². The Morgan fingerprint density at radius 3 is 2.61 bits per heavy atom. The molecule has 1 saturated carbocycles. The van der Waals surface area contributed by atoms with Crippen LogP contribution >= 0.6 is 0 Å². The summed E-state index contributed by atoms with van der Waals surface area (Å²) in [4.78, 5) is 18.5. The maximum atomic E-state index is 12.0. The van der Waals surface area contributed by atoms with E-state index in [0.29, 0.717) is 25.9 Å². The van der Waals surface area contributed by atoms with E-state index in [9.17, 15) is 13.2 Å². The molecule has 0 heterocycles. The Hall–Kier alpha value is -0.660. The number of rotatable bonds is 6. The van der Waals surface area contributed by atoms with Gasteiger partial charge < -0.3 is 4.74 Å². The number of carbonyl (C=O) groups is 1. The van der Waals surface area contributed by atoms with Crippen molar-refractivity contribution in [1.29, 1.82) is 0 Å². The lowest BCUT2D eigenvalue weighted by Crippen LogP contribution is -2.39. The molecule has 1 N–H and O–H groups in total. The van der Waals surface area contributed by atoms with Gasteiger partial charge in [-0.1, -0.05) is 25.2 Å². The predicted molar refractivity (Wildman–Crippen MR) is 66.0 cm³/mol. The highest BCUT2D eigenvalue weighted by atomic mass is 32.2. The number of hydrogen-bond acceptors (Lipinski definition) is 5. The van der Waals surface area contributed by atoms with Crippen molar-refractivity contribution in [1.82, 2.24) is 4.89 Å². The topological polar surface area (TPSA) is 81.7 Å². The zero-order valence-corrected chi connectivity index (χ0v) is 11.8. The largest absolute Gasteiger partial charge is 0.469 e. The number of carbonyl (C=O) groups excluding carboxylic acids is 1. The van der Waals surface area contributed by atoms with Gasteiger partial charge in [0.25, 0.3) is 0 Å². The van der Waals surface area contributed by atoms with E-state index in [1.807, 2.05) is 13.8 Å². The molecule has 0 bridgehead atoms. The molecule has 1 aliphatic rings. The Balaban J connectivity index is 2.63. The minimum absolute atomic E-state index is 0.229. The van der Waals surface area contributed by atoms with Gasteiger partial charge in [-0.2, -0.15) is 0 Å². The first-order valence-electron chi connectivity index (χ1n) is 6.08. The average Bonchev–Trinajstić information content (AvgIpc) is 2.76. The van der Waals surface area contributed by atoms with Crippen LogP contribution in [0.5, 0.6) is 0 Å². The van der Waals surface area contributed by atoms with Gasteiger partial charge in [0.2, 0.25) is 10.0 Å². The molecule has 0 aromatic heterocycles. The first-order valence-corrected chi connectivity index (χ1v) is 7.63. The number of sulfonamides is 1. The van der Waals surface area contributed by atoms with E-state index in [2.05, 4.69) is 9.62 Å². The lowest BCUT2D eigenvalue weighted by Gasteiger charge is -2.18. The van der Waals surface area contributed by atoms with Crippen LogP contribution in [-0.2, 0) is 24.4 Å². The van der Waals surface area contributed by atoms with Crippen LogP contribution in [0.1, 0.15) is 33.1 Å². The average molecular weight is 279 g/mol. The molecule has 0 aliphatic heterocycles. The molecule has 1 rings (SSSR count). The molecule has 2 atom stereocenters. The standard InChI is InChI=1S/C11H21NO5S/c1-8(2)7-17-12-18(14,15)10-6-4-5-9(10)11(13)16-3/h8-10,12H,4-7H2,1-3H3. The molecule has 0 radical (unpaired) electrons. The third kappa shape index (κ3) is 3.93. The zero-order chi connectivity index (χ0) is 13.8. The first kappa shape index (κ1) is 15.4. The third-order valence-electron chi connectivity index (χ3n) is 2.95. The maximum Gasteiger partial charge on any atom is 0.310 e. The molecule has 1 fully saturated rings. The highest BCUT2D eigenvalue weighted by Crippen LogP contribution is 2.31. The Bertz CT molecular complexity index is 379. The maximum absolute atomic E-state index is 12.0. The lowest BCUT2D eigenvalue weighted by atomic mass is 10.1. The molecular formula is C11H21NO5S. The van der Waals surface area contributed by atoms with Gasteiger partial charge in [-0.05, 0) is 18.8 Å². The van der Waals surface area contributed by atoms with E-state index in [4.69, 9.17) is 4.84 Å². The van der Waals surface area contributed by atoms with Gasteiger partial charge in [-0.25, -0.2) is 8.42 Å². The fourth-order valence-corrected chi connectivity index (χ4v) is 3.58. The normalized spacial score (nSPS) is 24.4. The molecular weight excluding hydrogens is 258 g/mol. The smallest absolute Gasteiger partial charge is 0.310 e. The molecule has 106 valence electrons. The fourth-order valence-electron chi connectivity index (χ4n) is 2.06. The summed E-state index contributed by atoms with van der Waals surface area (Å²) in [5.74, 6) is -0.824. The minimum atomic E-state index is -3.63. The summed E-state index contributed by atoms with van der Waals surface area (Å²) < 4.78 is 28.6. The van der Waals surface area contributed by atoms with Crippen molar-refractivity contribution >= 4 is 16.0 Å². The number of ether oxygens (including phenoxy) is 1. The van der Waals surface area contributed by atoms with E-state index in [-0.39, 0.29) is 5.92 Å². The molecule has 0 spiro atoms. The number of methoxy groups -OCH3 is 1. The number of nitrogens with one attached hydrogen (secondary N) is 1. The Morgan fingerprint density at radius 1 is 1.39 bits per heavy atom. The summed E-state index contributed by atoms with van der Waals surface area (Å²) in [5.41, 5.74) is 0. The van der Waals surface area contributed by atoms with Gasteiger partial charge in [0.1, 0.15) is 0 Å². The van der Waals surface area contributed by atoms with Crippen LogP contribution in [0.15, 0.2) is 0 Å². The highest BCUT2D eigenvalue weighted by molar-refractivity contribution is 7.90. The van der Waals surface area contributed by atoms with Crippen LogP contribution in [-0.4, -0.2) is 33.4 Å². The second kappa shape index (κ2) is 6.49. The second-order valence-electron chi connectivity index (χ2n) is 4.93. The van der Waals surface area contributed by atoms with Gasteiger partial charge in [0.05, 0.1) is 24.9 Å². The van der Waals surface area contributed by atoms with E-state index in [1.54, 1.807) is 0 Å². The van der Waals surface area contributed by atoms with E-state index in [0.717, 1.165) is 0 Å². The molecule has 1 aliphatic carbocycles. The van der Waals surface area contributed by atoms with Crippen LogP contribution in [0.25, 0.3) is 0 Å². The molecule has 7 heteroatoms. The van der Waals surface area contributed by atoms with Crippen molar-refractivity contribution < 1.29 is 22.8 Å². The van der Waals surface area contributed by atoms with Crippen molar-refractivity contribution in [2.24, 2.45) is 11.8 Å². The summed E-state index contributed by atoms with van der Waals surface area (Å²) in [6.07, 6.45) is 1.71. The van der Waals surface area contributed by atoms with Crippen LogP contribution < -0.4 is 4.89 Å². The second-order valence-corrected chi connectivity index (χ2v) is 6.79.